The molecule has 9 rings (SSSR count). The number of nitrogens with zero attached hydrogens (tertiary/aromatic N) is 2. The lowest BCUT2D eigenvalue weighted by Gasteiger charge is -2.50. The number of carbonyl (C=O) groups is 6. The highest BCUT2D eigenvalue weighted by Gasteiger charge is 2.78. The van der Waals surface area contributed by atoms with Gasteiger partial charge in [0.15, 0.2) is 11.8 Å². The fourth-order valence-electron chi connectivity index (χ4n) is 10.6. The van der Waals surface area contributed by atoms with Crippen LogP contribution in [0.3, 0.4) is 0 Å². The highest BCUT2D eigenvalue weighted by atomic mass is 16.8. The fourth-order valence-corrected chi connectivity index (χ4v) is 10.6. The quantitative estimate of drug-likeness (QED) is 0.157. The van der Waals surface area contributed by atoms with E-state index in [9.17, 15) is 29.1 Å². The summed E-state index contributed by atoms with van der Waals surface area (Å²) >= 11 is 0. The number of hydrogen-bond donors (Lipinski definition) is 2. The van der Waals surface area contributed by atoms with Crippen LogP contribution in [0.5, 0.6) is 0 Å². The van der Waals surface area contributed by atoms with E-state index >= 15 is 4.79 Å². The maximum Gasteiger partial charge on any atom is 0.348 e. The summed E-state index contributed by atoms with van der Waals surface area (Å²) in [4.78, 5) is 89.8. The van der Waals surface area contributed by atoms with Gasteiger partial charge in [-0.05, 0) is 82.9 Å². The van der Waals surface area contributed by atoms with Gasteiger partial charge in [-0.1, -0.05) is 38.1 Å². The molecule has 3 aliphatic carbocycles. The van der Waals surface area contributed by atoms with Crippen LogP contribution in [0.15, 0.2) is 30.3 Å². The summed E-state index contributed by atoms with van der Waals surface area (Å²) in [7, 11) is 0. The van der Waals surface area contributed by atoms with E-state index in [0.717, 1.165) is 25.7 Å². The van der Waals surface area contributed by atoms with Gasteiger partial charge in [0.1, 0.15) is 48.1 Å². The van der Waals surface area contributed by atoms with Crippen LogP contribution in [0.2, 0.25) is 0 Å². The molecule has 63 heavy (non-hydrogen) atoms. The van der Waals surface area contributed by atoms with Crippen molar-refractivity contribution >= 4 is 41.8 Å². The maximum atomic E-state index is 15.5. The zero-order valence-electron chi connectivity index (χ0n) is 36.6. The number of benzene rings is 1. The van der Waals surface area contributed by atoms with Crippen molar-refractivity contribution in [3.63, 3.8) is 0 Å². The number of ether oxygens (including phenoxy) is 6. The van der Waals surface area contributed by atoms with Crippen LogP contribution < -0.4 is 5.32 Å². The number of rotatable bonds is 14. The molecule has 8 aliphatic rings. The third kappa shape index (κ3) is 8.17. The van der Waals surface area contributed by atoms with Gasteiger partial charge in [-0.3, -0.25) is 24.0 Å². The van der Waals surface area contributed by atoms with E-state index in [0.29, 0.717) is 24.0 Å². The molecular formula is C46H59N3O14. The third-order valence-electron chi connectivity index (χ3n) is 13.8. The molecule has 342 valence electrons. The number of carbonyl (C=O) groups excluding carboxylic acids is 6. The second-order valence-electron chi connectivity index (χ2n) is 20.3. The van der Waals surface area contributed by atoms with Gasteiger partial charge in [0.2, 0.25) is 17.9 Å². The molecule has 0 spiro atoms. The number of hydroxylamine groups is 2. The van der Waals surface area contributed by atoms with Gasteiger partial charge in [0.25, 0.3) is 0 Å². The van der Waals surface area contributed by atoms with Gasteiger partial charge in [0.05, 0.1) is 19.2 Å². The van der Waals surface area contributed by atoms with Crippen molar-refractivity contribution < 1.29 is 67.1 Å². The summed E-state index contributed by atoms with van der Waals surface area (Å²) in [5.74, 6) is -3.70. The molecule has 8 fully saturated rings. The molecule has 2 bridgehead atoms. The van der Waals surface area contributed by atoms with Crippen molar-refractivity contribution in [3.05, 3.63) is 41.5 Å². The first-order chi connectivity index (χ1) is 29.9. The first-order valence-electron chi connectivity index (χ1n) is 22.5. The van der Waals surface area contributed by atoms with E-state index in [1.165, 1.54) is 11.1 Å². The Hall–Kier alpha value is -4.42. The van der Waals surface area contributed by atoms with E-state index in [2.05, 4.69) is 5.32 Å². The fraction of sp³-hybridized carbons (Fsp3) is 0.696. The molecular weight excluding hydrogens is 819 g/mol. The molecule has 9 unspecified atom stereocenters. The Balaban J connectivity index is 0.972. The van der Waals surface area contributed by atoms with Crippen LogP contribution in [0.25, 0.3) is 6.08 Å². The molecule has 5 heterocycles. The molecule has 5 aliphatic heterocycles. The van der Waals surface area contributed by atoms with Gasteiger partial charge >= 0.3 is 23.9 Å². The van der Waals surface area contributed by atoms with E-state index in [-0.39, 0.29) is 50.8 Å². The van der Waals surface area contributed by atoms with E-state index in [1.54, 1.807) is 57.7 Å². The van der Waals surface area contributed by atoms with Crippen LogP contribution in [0, 0.1) is 22.7 Å². The number of likely N-dealkylation sites (tertiary alicyclic amines) is 1. The van der Waals surface area contributed by atoms with Crippen LogP contribution >= 0.6 is 0 Å². The smallest absolute Gasteiger partial charge is 0.348 e. The van der Waals surface area contributed by atoms with Crippen LogP contribution in [-0.4, -0.2) is 131 Å². The predicted octanol–water partition coefficient (Wildman–Crippen LogP) is 2.88. The zero-order chi connectivity index (χ0) is 44.6. The number of fused-ring (bicyclic) bond motifs is 4. The normalized spacial score (nSPS) is 33.4. The van der Waals surface area contributed by atoms with Crippen LogP contribution in [0.4, 0.5) is 0 Å². The molecule has 2 N–H and O–H groups in total. The molecule has 17 nitrogen and oxygen atoms in total. The first-order valence-corrected chi connectivity index (χ1v) is 22.5. The van der Waals surface area contributed by atoms with Crippen molar-refractivity contribution in [2.75, 3.05) is 19.8 Å². The number of cyclic esters (lactones) is 1. The van der Waals surface area contributed by atoms with E-state index < -0.39 is 113 Å². The maximum absolute atomic E-state index is 15.5. The third-order valence-corrected chi connectivity index (χ3v) is 13.8. The Morgan fingerprint density at radius 1 is 1.02 bits per heavy atom. The lowest BCUT2D eigenvalue weighted by atomic mass is 9.62. The number of esters is 4. The first kappa shape index (κ1) is 43.8. The predicted molar refractivity (Wildman–Crippen MR) is 218 cm³/mol. The largest absolute Gasteiger partial charge is 0.462 e. The van der Waals surface area contributed by atoms with Crippen LogP contribution in [0.1, 0.15) is 104 Å². The van der Waals surface area contributed by atoms with Gasteiger partial charge in [-0.15, -0.1) is 0 Å². The lowest BCUT2D eigenvalue weighted by Crippen LogP contribution is -2.70. The second-order valence-corrected chi connectivity index (χ2v) is 20.3. The highest BCUT2D eigenvalue weighted by Crippen LogP contribution is 2.64. The topological polar surface area (TPSA) is 206 Å². The Bertz CT molecular complexity index is 2050. The Labute approximate surface area is 366 Å². The van der Waals surface area contributed by atoms with Gasteiger partial charge < -0.3 is 43.7 Å². The lowest BCUT2D eigenvalue weighted by molar-refractivity contribution is -0.235. The summed E-state index contributed by atoms with van der Waals surface area (Å²) in [5.41, 5.74) is -1.50. The molecule has 17 heteroatoms. The number of hydrogen-bond acceptors (Lipinski definition) is 15. The molecule has 9 atom stereocenters. The van der Waals surface area contributed by atoms with Gasteiger partial charge in [-0.2, -0.15) is 5.06 Å². The van der Waals surface area contributed by atoms with Crippen LogP contribution in [-0.2, 0) is 68.6 Å². The Kier molecular flexibility index (Phi) is 11.3. The summed E-state index contributed by atoms with van der Waals surface area (Å²) in [6, 6.07) is 4.39. The summed E-state index contributed by atoms with van der Waals surface area (Å²) in [6.45, 7) is 8.91. The summed E-state index contributed by atoms with van der Waals surface area (Å²) < 4.78 is 36.1. The molecule has 1 aromatic carbocycles. The molecule has 0 radical (unpaired) electrons. The Morgan fingerprint density at radius 3 is 2.41 bits per heavy atom. The van der Waals surface area contributed by atoms with Gasteiger partial charge in [0, 0.05) is 42.7 Å². The van der Waals surface area contributed by atoms with E-state index in [4.69, 9.17) is 33.3 Å². The van der Waals surface area contributed by atoms with Crippen molar-refractivity contribution in [3.8, 4) is 0 Å². The minimum atomic E-state index is -1.50. The highest BCUT2D eigenvalue weighted by molar-refractivity contribution is 5.97. The monoisotopic (exact) mass is 877 g/mol. The van der Waals surface area contributed by atoms with Crippen molar-refractivity contribution in [2.45, 2.75) is 159 Å². The number of aliphatic hydroxyl groups is 1. The molecule has 0 aromatic heterocycles. The average molecular weight is 878 g/mol. The SMILES string of the molecule is CC(C)(C)OC(=O)CCC(CO)NC(=O)C1CCCN1C(=O)C12CC3OC(=O)C1N(Cc1cccc(C=CC(=O)OC4C(=O)OCC4(C)C)c1)OC2C1OC(C2CC2)(C2CC2)OC31. The number of amides is 2. The standard InChI is InChI=1S/C46H59N3O14/c1-43(2,3)60-33(52)18-16-29(23-50)47-39(53)30-10-7-19-48(30)42(56)45-21-31-34-35(62-46(61-34,27-12-13-27)28-14-15-28)37(45)63-49(36(45)40(54)58-31)22-26-9-6-8-25(20-26)11-17-32(51)59-38-41(55)57-24-44(38,4)5/h6,8-9,11,17,20,27-31,34-38,50H,7,10,12-16,18-19,21-24H2,1-5H3,(H,47,53). The number of nitrogens with one attached hydrogen (secondary N) is 1. The molecule has 1 aromatic rings. The van der Waals surface area contributed by atoms with Crippen molar-refractivity contribution in [1.29, 1.82) is 0 Å². The molecule has 3 saturated carbocycles. The van der Waals surface area contributed by atoms with Crippen molar-refractivity contribution in [1.82, 2.24) is 15.3 Å². The minimum absolute atomic E-state index is 0.0181. The zero-order valence-corrected chi connectivity index (χ0v) is 36.6. The summed E-state index contributed by atoms with van der Waals surface area (Å²) in [5, 5.41) is 14.6. The molecule has 5 saturated heterocycles. The van der Waals surface area contributed by atoms with Gasteiger partial charge in [-0.25, -0.2) is 9.59 Å². The molecule has 2 amide bonds. The number of aliphatic hydroxyl groups excluding tert-OH is 1. The summed E-state index contributed by atoms with van der Waals surface area (Å²) in [6.07, 6.45) is 3.60. The van der Waals surface area contributed by atoms with Crippen molar-refractivity contribution in [2.24, 2.45) is 22.7 Å². The van der Waals surface area contributed by atoms with E-state index in [1.807, 2.05) is 12.1 Å². The second kappa shape index (κ2) is 16.2. The average Bonchev–Trinajstić information content (AvgIpc) is 4.13. The minimum Gasteiger partial charge on any atom is -0.462 e. The Morgan fingerprint density at radius 2 is 1.75 bits per heavy atom.